The molecule has 0 unspecified atom stereocenters. The molecule has 0 aliphatic rings. The average molecular weight is 165 g/mol. The Morgan fingerprint density at radius 2 is 2.08 bits per heavy atom. The summed E-state index contributed by atoms with van der Waals surface area (Å²) in [6, 6.07) is 7.49. The number of aryl methyl sites for hydroxylation is 1. The lowest BCUT2D eigenvalue weighted by atomic mass is 10.1. The van der Waals surface area contributed by atoms with E-state index in [1.165, 1.54) is 0 Å². The third-order valence-corrected chi connectivity index (χ3v) is 1.71. The molecular formula is C9H11NO2. The zero-order valence-corrected chi connectivity index (χ0v) is 6.99. The van der Waals surface area contributed by atoms with Gasteiger partial charge in [-0.3, -0.25) is 10.1 Å². The fraction of sp³-hybridized carbons (Fsp3) is 0.333. The summed E-state index contributed by atoms with van der Waals surface area (Å²) in [5, 5.41) is 10.2. The molecule has 0 amide bonds. The van der Waals surface area contributed by atoms with Gasteiger partial charge in [0.1, 0.15) is 0 Å². The van der Waals surface area contributed by atoms with Crippen LogP contribution in [0.15, 0.2) is 24.3 Å². The number of nitrogens with zero attached hydrogens (tertiary/aromatic N) is 1. The van der Waals surface area contributed by atoms with Gasteiger partial charge in [-0.1, -0.05) is 25.1 Å². The molecule has 0 N–H and O–H groups in total. The smallest absolute Gasteiger partial charge is 0.228 e. The normalized spacial score (nSPS) is 9.75. The maximum atomic E-state index is 10.2. The second-order valence-electron chi connectivity index (χ2n) is 2.66. The first-order valence-corrected chi connectivity index (χ1v) is 3.92. The highest BCUT2D eigenvalue weighted by Gasteiger charge is 2.00. The van der Waals surface area contributed by atoms with Crippen LogP contribution in [0.2, 0.25) is 0 Å². The molecule has 0 saturated heterocycles. The Kier molecular flexibility index (Phi) is 2.80. The van der Waals surface area contributed by atoms with Crippen LogP contribution in [0.1, 0.15) is 18.1 Å². The van der Waals surface area contributed by atoms with E-state index in [-0.39, 0.29) is 11.5 Å². The van der Waals surface area contributed by atoms with E-state index in [0.29, 0.717) is 0 Å². The van der Waals surface area contributed by atoms with Gasteiger partial charge in [0.15, 0.2) is 0 Å². The molecule has 64 valence electrons. The van der Waals surface area contributed by atoms with Gasteiger partial charge >= 0.3 is 0 Å². The first-order chi connectivity index (χ1) is 5.72. The van der Waals surface area contributed by atoms with Gasteiger partial charge in [-0.05, 0) is 18.1 Å². The zero-order valence-electron chi connectivity index (χ0n) is 6.99. The highest BCUT2D eigenvalue weighted by Crippen LogP contribution is 2.06. The number of rotatable bonds is 3. The van der Waals surface area contributed by atoms with E-state index in [0.717, 1.165) is 17.5 Å². The molecule has 0 atom stereocenters. The maximum absolute atomic E-state index is 10.2. The molecule has 0 saturated carbocycles. The van der Waals surface area contributed by atoms with Crippen molar-refractivity contribution in [1.82, 2.24) is 0 Å². The van der Waals surface area contributed by atoms with E-state index in [2.05, 4.69) is 0 Å². The summed E-state index contributed by atoms with van der Waals surface area (Å²) >= 11 is 0. The van der Waals surface area contributed by atoms with E-state index >= 15 is 0 Å². The molecular weight excluding hydrogens is 154 g/mol. The Balaban J connectivity index is 2.79. The molecule has 0 heterocycles. The van der Waals surface area contributed by atoms with Crippen molar-refractivity contribution in [1.29, 1.82) is 0 Å². The third kappa shape index (κ3) is 2.34. The second kappa shape index (κ2) is 3.85. The molecule has 3 nitrogen and oxygen atoms in total. The summed E-state index contributed by atoms with van der Waals surface area (Å²) in [6.45, 7) is 1.96. The van der Waals surface area contributed by atoms with Crippen LogP contribution in [-0.2, 0) is 13.0 Å². The number of hydrogen-bond acceptors (Lipinski definition) is 2. The predicted molar refractivity (Wildman–Crippen MR) is 46.5 cm³/mol. The van der Waals surface area contributed by atoms with Crippen LogP contribution in [-0.4, -0.2) is 4.92 Å². The minimum absolute atomic E-state index is 0.0756. The third-order valence-electron chi connectivity index (χ3n) is 1.71. The SMILES string of the molecule is CCc1cccc(C[N+](=O)[O-])c1. The molecule has 12 heavy (non-hydrogen) atoms. The van der Waals surface area contributed by atoms with Crippen molar-refractivity contribution < 1.29 is 4.92 Å². The van der Waals surface area contributed by atoms with E-state index in [1.54, 1.807) is 6.07 Å². The minimum atomic E-state index is -0.311. The lowest BCUT2D eigenvalue weighted by molar-refractivity contribution is -0.496. The highest BCUT2D eigenvalue weighted by atomic mass is 16.6. The van der Waals surface area contributed by atoms with Gasteiger partial charge < -0.3 is 0 Å². The number of nitro groups is 1. The molecule has 0 spiro atoms. The summed E-state index contributed by atoms with van der Waals surface area (Å²) in [6.07, 6.45) is 0.922. The molecule has 0 aliphatic carbocycles. The van der Waals surface area contributed by atoms with Gasteiger partial charge in [0.2, 0.25) is 6.54 Å². The van der Waals surface area contributed by atoms with Crippen LogP contribution >= 0.6 is 0 Å². The monoisotopic (exact) mass is 165 g/mol. The van der Waals surface area contributed by atoms with Crippen molar-refractivity contribution in [2.24, 2.45) is 0 Å². The number of benzene rings is 1. The van der Waals surface area contributed by atoms with Gasteiger partial charge in [-0.25, -0.2) is 0 Å². The van der Waals surface area contributed by atoms with Gasteiger partial charge in [0, 0.05) is 10.5 Å². The van der Waals surface area contributed by atoms with Crippen molar-refractivity contribution in [3.05, 3.63) is 45.5 Å². The molecule has 0 radical (unpaired) electrons. The van der Waals surface area contributed by atoms with Crippen LogP contribution in [0.3, 0.4) is 0 Å². The van der Waals surface area contributed by atoms with Crippen molar-refractivity contribution in [2.45, 2.75) is 19.9 Å². The van der Waals surface area contributed by atoms with Crippen LogP contribution in [0.4, 0.5) is 0 Å². The summed E-state index contributed by atoms with van der Waals surface area (Å²) in [4.78, 5) is 9.86. The van der Waals surface area contributed by atoms with Gasteiger partial charge in [0.05, 0.1) is 0 Å². The molecule has 0 fully saturated rings. The van der Waals surface area contributed by atoms with Gasteiger partial charge in [-0.2, -0.15) is 0 Å². The van der Waals surface area contributed by atoms with E-state index < -0.39 is 0 Å². The Bertz CT molecular complexity index is 284. The molecule has 0 bridgehead atoms. The first kappa shape index (κ1) is 8.71. The standard InChI is InChI=1S/C9H11NO2/c1-2-8-4-3-5-9(6-8)7-10(11)12/h3-6H,2,7H2,1H3. The van der Waals surface area contributed by atoms with Gasteiger partial charge in [-0.15, -0.1) is 0 Å². The molecule has 3 heteroatoms. The van der Waals surface area contributed by atoms with E-state index in [9.17, 15) is 10.1 Å². The van der Waals surface area contributed by atoms with Gasteiger partial charge in [0.25, 0.3) is 0 Å². The van der Waals surface area contributed by atoms with Crippen molar-refractivity contribution in [3.63, 3.8) is 0 Å². The topological polar surface area (TPSA) is 43.1 Å². The lowest BCUT2D eigenvalue weighted by Gasteiger charge is -1.98. The van der Waals surface area contributed by atoms with Crippen LogP contribution < -0.4 is 0 Å². The molecule has 1 aromatic rings. The lowest BCUT2D eigenvalue weighted by Crippen LogP contribution is -1.98. The molecule has 0 aromatic heterocycles. The Morgan fingerprint density at radius 3 is 2.67 bits per heavy atom. The number of hydrogen-bond donors (Lipinski definition) is 0. The minimum Gasteiger partial charge on any atom is -0.264 e. The largest absolute Gasteiger partial charge is 0.264 e. The Hall–Kier alpha value is -1.38. The van der Waals surface area contributed by atoms with Crippen molar-refractivity contribution in [3.8, 4) is 0 Å². The Labute approximate surface area is 71.2 Å². The summed E-state index contributed by atoms with van der Waals surface area (Å²) in [5.41, 5.74) is 1.92. The highest BCUT2D eigenvalue weighted by molar-refractivity contribution is 5.22. The maximum Gasteiger partial charge on any atom is 0.228 e. The summed E-state index contributed by atoms with van der Waals surface area (Å²) in [7, 11) is 0. The molecule has 1 rings (SSSR count). The molecule has 0 aliphatic heterocycles. The van der Waals surface area contributed by atoms with Crippen LogP contribution in [0.25, 0.3) is 0 Å². The zero-order chi connectivity index (χ0) is 8.97. The predicted octanol–water partition coefficient (Wildman–Crippen LogP) is 2.03. The first-order valence-electron chi connectivity index (χ1n) is 3.92. The Morgan fingerprint density at radius 1 is 1.42 bits per heavy atom. The summed E-state index contributed by atoms with van der Waals surface area (Å²) < 4.78 is 0. The quantitative estimate of drug-likeness (QED) is 0.508. The van der Waals surface area contributed by atoms with Crippen LogP contribution in [0, 0.1) is 10.1 Å². The fourth-order valence-corrected chi connectivity index (χ4v) is 1.10. The van der Waals surface area contributed by atoms with E-state index in [1.807, 2.05) is 25.1 Å². The van der Waals surface area contributed by atoms with Crippen molar-refractivity contribution >= 4 is 0 Å². The van der Waals surface area contributed by atoms with Crippen LogP contribution in [0.5, 0.6) is 0 Å². The second-order valence-corrected chi connectivity index (χ2v) is 2.66. The average Bonchev–Trinajstić information content (AvgIpc) is 2.03. The summed E-state index contributed by atoms with van der Waals surface area (Å²) in [5.74, 6) is 0. The van der Waals surface area contributed by atoms with Crippen molar-refractivity contribution in [2.75, 3.05) is 0 Å². The fourth-order valence-electron chi connectivity index (χ4n) is 1.10. The van der Waals surface area contributed by atoms with E-state index in [4.69, 9.17) is 0 Å². The molecule has 1 aromatic carbocycles.